The van der Waals surface area contributed by atoms with Gasteiger partial charge in [0.15, 0.2) is 0 Å². The zero-order chi connectivity index (χ0) is 13.1. The van der Waals surface area contributed by atoms with Gasteiger partial charge in [-0.05, 0) is 24.3 Å². The predicted octanol–water partition coefficient (Wildman–Crippen LogP) is 2.52. The molecule has 0 aliphatic rings. The first kappa shape index (κ1) is 11.5. The Morgan fingerprint density at radius 1 is 1.11 bits per heavy atom. The van der Waals surface area contributed by atoms with E-state index in [0.717, 1.165) is 17.0 Å². The second-order valence-corrected chi connectivity index (χ2v) is 4.26. The highest BCUT2D eigenvalue weighted by Gasteiger charge is 2.07. The third-order valence-electron chi connectivity index (χ3n) is 2.91. The fourth-order valence-corrected chi connectivity index (χ4v) is 2.04. The highest BCUT2D eigenvalue weighted by atomic mass is 16.1. The number of nitrogens with one attached hydrogen (secondary N) is 1. The van der Waals surface area contributed by atoms with Crippen molar-refractivity contribution < 1.29 is 4.79 Å². The lowest BCUT2D eigenvalue weighted by Crippen LogP contribution is -2.15. The summed E-state index contributed by atoms with van der Waals surface area (Å²) < 4.78 is 1.92. The topological polar surface area (TPSA) is 46.4 Å². The number of imidazole rings is 1. The van der Waals surface area contributed by atoms with Gasteiger partial charge >= 0.3 is 0 Å². The molecule has 3 aromatic rings. The number of amides is 1. The molecule has 0 aliphatic carbocycles. The Bertz CT molecular complexity index is 703. The molecule has 0 spiro atoms. The SMILES string of the molecule is O=C(Cc1cccc2nccn12)Nc1ccccc1. The van der Waals surface area contributed by atoms with Crippen molar-refractivity contribution in [2.75, 3.05) is 5.32 Å². The zero-order valence-corrected chi connectivity index (χ0v) is 10.3. The van der Waals surface area contributed by atoms with Crippen molar-refractivity contribution in [3.63, 3.8) is 0 Å². The summed E-state index contributed by atoms with van der Waals surface area (Å²) in [7, 11) is 0. The molecule has 4 heteroatoms. The summed E-state index contributed by atoms with van der Waals surface area (Å²) in [5.74, 6) is -0.0348. The molecule has 0 saturated heterocycles. The molecule has 0 bridgehead atoms. The molecule has 1 aromatic carbocycles. The number of para-hydroxylation sites is 1. The lowest BCUT2D eigenvalue weighted by Gasteiger charge is -2.07. The Morgan fingerprint density at radius 3 is 2.79 bits per heavy atom. The number of benzene rings is 1. The largest absolute Gasteiger partial charge is 0.326 e. The number of pyridine rings is 1. The molecule has 0 unspecified atom stereocenters. The van der Waals surface area contributed by atoms with E-state index in [0.29, 0.717) is 6.42 Å². The van der Waals surface area contributed by atoms with E-state index in [9.17, 15) is 4.79 Å². The van der Waals surface area contributed by atoms with Gasteiger partial charge in [0, 0.05) is 23.8 Å². The Balaban J connectivity index is 1.78. The number of nitrogens with zero attached hydrogens (tertiary/aromatic N) is 2. The summed E-state index contributed by atoms with van der Waals surface area (Å²) in [6, 6.07) is 15.2. The number of hydrogen-bond donors (Lipinski definition) is 1. The maximum absolute atomic E-state index is 12.0. The molecule has 1 N–H and O–H groups in total. The van der Waals surface area contributed by atoms with Gasteiger partial charge in [-0.15, -0.1) is 0 Å². The smallest absolute Gasteiger partial charge is 0.230 e. The molecule has 3 rings (SSSR count). The molecule has 19 heavy (non-hydrogen) atoms. The zero-order valence-electron chi connectivity index (χ0n) is 10.3. The van der Waals surface area contributed by atoms with Gasteiger partial charge in [0.1, 0.15) is 5.65 Å². The van der Waals surface area contributed by atoms with Crippen molar-refractivity contribution in [3.8, 4) is 0 Å². The van der Waals surface area contributed by atoms with E-state index in [1.807, 2.05) is 59.1 Å². The first-order chi connectivity index (χ1) is 9.33. The van der Waals surface area contributed by atoms with Crippen LogP contribution in [0, 0.1) is 0 Å². The minimum absolute atomic E-state index is 0.0348. The maximum Gasteiger partial charge on any atom is 0.230 e. The Hall–Kier alpha value is -2.62. The van der Waals surface area contributed by atoms with E-state index in [4.69, 9.17) is 0 Å². The van der Waals surface area contributed by atoms with Gasteiger partial charge in [-0.25, -0.2) is 4.98 Å². The monoisotopic (exact) mass is 251 g/mol. The third-order valence-corrected chi connectivity index (χ3v) is 2.91. The number of anilines is 1. The van der Waals surface area contributed by atoms with Crippen LogP contribution in [0.5, 0.6) is 0 Å². The minimum Gasteiger partial charge on any atom is -0.326 e. The molecular formula is C15H13N3O. The fraction of sp³-hybridized carbons (Fsp3) is 0.0667. The van der Waals surface area contributed by atoms with Crippen LogP contribution in [0.1, 0.15) is 5.69 Å². The molecular weight excluding hydrogens is 238 g/mol. The molecule has 1 amide bonds. The fourth-order valence-electron chi connectivity index (χ4n) is 2.04. The van der Waals surface area contributed by atoms with E-state index in [1.54, 1.807) is 6.20 Å². The van der Waals surface area contributed by atoms with Crippen molar-refractivity contribution in [1.29, 1.82) is 0 Å². The number of carbonyl (C=O) groups excluding carboxylic acids is 1. The van der Waals surface area contributed by atoms with Gasteiger partial charge in [-0.1, -0.05) is 24.3 Å². The summed E-state index contributed by atoms with van der Waals surface area (Å²) >= 11 is 0. The van der Waals surface area contributed by atoms with Crippen LogP contribution in [0.2, 0.25) is 0 Å². The summed E-state index contributed by atoms with van der Waals surface area (Å²) in [6.45, 7) is 0. The molecule has 2 aromatic heterocycles. The molecule has 4 nitrogen and oxygen atoms in total. The average Bonchev–Trinajstić information content (AvgIpc) is 2.89. The van der Waals surface area contributed by atoms with Crippen LogP contribution in [-0.4, -0.2) is 15.3 Å². The van der Waals surface area contributed by atoms with Crippen molar-refractivity contribution in [3.05, 3.63) is 66.6 Å². The minimum atomic E-state index is -0.0348. The quantitative estimate of drug-likeness (QED) is 0.777. The number of fused-ring (bicyclic) bond motifs is 1. The predicted molar refractivity (Wildman–Crippen MR) is 74.0 cm³/mol. The highest BCUT2D eigenvalue weighted by molar-refractivity contribution is 5.92. The van der Waals surface area contributed by atoms with Gasteiger partial charge in [0.25, 0.3) is 0 Å². The normalized spacial score (nSPS) is 10.5. The summed E-state index contributed by atoms with van der Waals surface area (Å²) in [5, 5.41) is 2.87. The molecule has 0 aliphatic heterocycles. The molecule has 2 heterocycles. The average molecular weight is 251 g/mol. The van der Waals surface area contributed by atoms with Gasteiger partial charge in [-0.2, -0.15) is 0 Å². The van der Waals surface area contributed by atoms with Crippen molar-refractivity contribution >= 4 is 17.2 Å². The van der Waals surface area contributed by atoms with Gasteiger partial charge in [-0.3, -0.25) is 4.79 Å². The van der Waals surface area contributed by atoms with Crippen LogP contribution in [0.15, 0.2) is 60.9 Å². The molecule has 94 valence electrons. The van der Waals surface area contributed by atoms with Crippen LogP contribution >= 0.6 is 0 Å². The molecule has 0 atom stereocenters. The lowest BCUT2D eigenvalue weighted by molar-refractivity contribution is -0.115. The van der Waals surface area contributed by atoms with E-state index in [1.165, 1.54) is 0 Å². The van der Waals surface area contributed by atoms with Crippen LogP contribution in [-0.2, 0) is 11.2 Å². The highest BCUT2D eigenvalue weighted by Crippen LogP contribution is 2.09. The van der Waals surface area contributed by atoms with Crippen molar-refractivity contribution in [2.45, 2.75) is 6.42 Å². The van der Waals surface area contributed by atoms with Gasteiger partial charge in [0.05, 0.1) is 6.42 Å². The third kappa shape index (κ3) is 2.47. The van der Waals surface area contributed by atoms with Gasteiger partial charge < -0.3 is 9.72 Å². The summed E-state index contributed by atoms with van der Waals surface area (Å²) in [5.41, 5.74) is 2.58. The summed E-state index contributed by atoms with van der Waals surface area (Å²) in [4.78, 5) is 16.2. The van der Waals surface area contributed by atoms with E-state index in [-0.39, 0.29) is 5.91 Å². The van der Waals surface area contributed by atoms with E-state index in [2.05, 4.69) is 10.3 Å². The molecule has 0 radical (unpaired) electrons. The first-order valence-corrected chi connectivity index (χ1v) is 6.09. The second kappa shape index (κ2) is 4.94. The Kier molecular flexibility index (Phi) is 2.98. The first-order valence-electron chi connectivity index (χ1n) is 6.09. The van der Waals surface area contributed by atoms with Crippen LogP contribution < -0.4 is 5.32 Å². The molecule has 0 saturated carbocycles. The molecule has 0 fully saturated rings. The number of aromatic nitrogens is 2. The second-order valence-electron chi connectivity index (χ2n) is 4.26. The number of carbonyl (C=O) groups is 1. The maximum atomic E-state index is 12.0. The van der Waals surface area contributed by atoms with Crippen LogP contribution in [0.3, 0.4) is 0 Å². The Labute approximate surface area is 110 Å². The summed E-state index contributed by atoms with van der Waals surface area (Å²) in [6.07, 6.45) is 3.91. The van der Waals surface area contributed by atoms with E-state index >= 15 is 0 Å². The Morgan fingerprint density at radius 2 is 1.95 bits per heavy atom. The van der Waals surface area contributed by atoms with Crippen molar-refractivity contribution in [2.24, 2.45) is 0 Å². The number of rotatable bonds is 3. The van der Waals surface area contributed by atoms with Crippen molar-refractivity contribution in [1.82, 2.24) is 9.38 Å². The van der Waals surface area contributed by atoms with Gasteiger partial charge in [0.2, 0.25) is 5.91 Å². The standard InChI is InChI=1S/C15H13N3O/c19-15(17-12-5-2-1-3-6-12)11-13-7-4-8-14-16-9-10-18(13)14/h1-10H,11H2,(H,17,19). The van der Waals surface area contributed by atoms with E-state index < -0.39 is 0 Å². The van der Waals surface area contributed by atoms with Crippen LogP contribution in [0.4, 0.5) is 5.69 Å². The van der Waals surface area contributed by atoms with Crippen LogP contribution in [0.25, 0.3) is 5.65 Å². The number of hydrogen-bond acceptors (Lipinski definition) is 2. The lowest BCUT2D eigenvalue weighted by atomic mass is 10.2.